The summed E-state index contributed by atoms with van der Waals surface area (Å²) in [6.45, 7) is 1.84. The fourth-order valence-corrected chi connectivity index (χ4v) is 3.58. The molecule has 0 atom stereocenters. The molecule has 0 spiro atoms. The maximum absolute atomic E-state index is 13.6. The zero-order chi connectivity index (χ0) is 21.4. The van der Waals surface area contributed by atoms with Gasteiger partial charge in [0.25, 0.3) is 0 Å². The van der Waals surface area contributed by atoms with E-state index in [1.54, 1.807) is 48.3 Å². The molecule has 2 heterocycles. The molecule has 0 fully saturated rings. The number of hydrogen-bond acceptors (Lipinski definition) is 6. The average Bonchev–Trinajstić information content (AvgIpc) is 3.41. The Labute approximate surface area is 173 Å². The number of phenolic OH excluding ortho intramolecular Hbond substituents is 1. The lowest BCUT2D eigenvalue weighted by Gasteiger charge is -2.12. The van der Waals surface area contributed by atoms with Crippen LogP contribution in [-0.2, 0) is 0 Å². The summed E-state index contributed by atoms with van der Waals surface area (Å²) in [6, 6.07) is 10.3. The number of fused-ring (bicyclic) bond motifs is 1. The van der Waals surface area contributed by atoms with Crippen LogP contribution in [-0.4, -0.2) is 36.8 Å². The highest BCUT2D eigenvalue weighted by molar-refractivity contribution is 6.19. The topological polar surface area (TPSA) is 83.1 Å². The highest BCUT2D eigenvalue weighted by Crippen LogP contribution is 2.41. The molecule has 4 aromatic rings. The van der Waals surface area contributed by atoms with Gasteiger partial charge in [0, 0.05) is 23.3 Å². The third-order valence-electron chi connectivity index (χ3n) is 4.99. The summed E-state index contributed by atoms with van der Waals surface area (Å²) in [7, 11) is 4.53. The van der Waals surface area contributed by atoms with Crippen molar-refractivity contribution in [2.75, 3.05) is 21.3 Å². The number of nitrogens with zero attached hydrogens (tertiary/aromatic N) is 1. The Morgan fingerprint density at radius 2 is 1.70 bits per heavy atom. The van der Waals surface area contributed by atoms with Crippen molar-refractivity contribution < 1.29 is 28.5 Å². The molecular formula is C23H21NO6. The predicted molar refractivity (Wildman–Crippen MR) is 111 cm³/mol. The zero-order valence-electron chi connectivity index (χ0n) is 17.1. The number of furan rings is 1. The lowest BCUT2D eigenvalue weighted by atomic mass is 9.99. The van der Waals surface area contributed by atoms with Gasteiger partial charge in [0.1, 0.15) is 0 Å². The lowest BCUT2D eigenvalue weighted by molar-refractivity contribution is 0.103. The molecular weight excluding hydrogens is 386 g/mol. The summed E-state index contributed by atoms with van der Waals surface area (Å²) in [4.78, 5) is 13.6. The van der Waals surface area contributed by atoms with E-state index in [-0.39, 0.29) is 22.9 Å². The largest absolute Gasteiger partial charge is 0.502 e. The number of phenols is 1. The number of hydrogen-bond donors (Lipinski definition) is 1. The van der Waals surface area contributed by atoms with E-state index in [0.717, 1.165) is 5.56 Å². The van der Waals surface area contributed by atoms with Crippen LogP contribution < -0.4 is 14.2 Å². The summed E-state index contributed by atoms with van der Waals surface area (Å²) in [6.07, 6.45) is 3.53. The predicted octanol–water partition coefficient (Wildman–Crippen LogP) is 4.49. The van der Waals surface area contributed by atoms with Gasteiger partial charge in [0.05, 0.1) is 26.9 Å². The summed E-state index contributed by atoms with van der Waals surface area (Å²) in [5.74, 6) is 1.16. The van der Waals surface area contributed by atoms with Crippen LogP contribution in [0.5, 0.6) is 23.0 Å². The van der Waals surface area contributed by atoms with Crippen LogP contribution in [0, 0.1) is 6.92 Å². The molecule has 0 unspecified atom stereocenters. The van der Waals surface area contributed by atoms with Crippen molar-refractivity contribution in [3.05, 3.63) is 65.5 Å². The van der Waals surface area contributed by atoms with Crippen LogP contribution in [0.1, 0.15) is 21.5 Å². The minimum Gasteiger partial charge on any atom is -0.502 e. The van der Waals surface area contributed by atoms with Gasteiger partial charge < -0.3 is 23.7 Å². The number of aryl methyl sites for hydroxylation is 1. The van der Waals surface area contributed by atoms with Gasteiger partial charge in [-0.05, 0) is 48.9 Å². The number of ether oxygens (including phenoxy) is 3. The molecule has 30 heavy (non-hydrogen) atoms. The Bertz CT molecular complexity index is 1240. The second kappa shape index (κ2) is 7.51. The van der Waals surface area contributed by atoms with E-state index in [2.05, 4.69) is 0 Å². The van der Waals surface area contributed by atoms with Gasteiger partial charge in [-0.1, -0.05) is 0 Å². The molecule has 0 saturated carbocycles. The third kappa shape index (κ3) is 2.95. The van der Waals surface area contributed by atoms with Crippen molar-refractivity contribution in [3.63, 3.8) is 0 Å². The Hall–Kier alpha value is -3.87. The molecule has 0 saturated heterocycles. The van der Waals surface area contributed by atoms with E-state index in [9.17, 15) is 9.90 Å². The molecule has 2 aromatic heterocycles. The first-order valence-electron chi connectivity index (χ1n) is 9.23. The number of methoxy groups -OCH3 is 3. The minimum atomic E-state index is -0.272. The van der Waals surface area contributed by atoms with Crippen LogP contribution in [0.3, 0.4) is 0 Å². The van der Waals surface area contributed by atoms with Gasteiger partial charge in [-0.3, -0.25) is 9.36 Å². The second-order valence-corrected chi connectivity index (χ2v) is 6.72. The number of carbonyl (C=O) groups excluding carboxylic acids is 1. The van der Waals surface area contributed by atoms with Gasteiger partial charge in [0.2, 0.25) is 11.6 Å². The average molecular weight is 407 g/mol. The molecule has 1 N–H and O–H groups in total. The summed E-state index contributed by atoms with van der Waals surface area (Å²) in [5, 5.41) is 11.0. The second-order valence-electron chi connectivity index (χ2n) is 6.72. The number of rotatable bonds is 6. The van der Waals surface area contributed by atoms with Gasteiger partial charge in [-0.25, -0.2) is 0 Å². The van der Waals surface area contributed by atoms with Crippen LogP contribution in [0.15, 0.2) is 53.2 Å². The van der Waals surface area contributed by atoms with Crippen LogP contribution in [0.4, 0.5) is 0 Å². The Balaban J connectivity index is 1.98. The third-order valence-corrected chi connectivity index (χ3v) is 4.99. The first-order chi connectivity index (χ1) is 14.5. The minimum absolute atomic E-state index is 0.161. The van der Waals surface area contributed by atoms with Crippen molar-refractivity contribution in [1.82, 2.24) is 4.57 Å². The Morgan fingerprint density at radius 1 is 1.00 bits per heavy atom. The van der Waals surface area contributed by atoms with Crippen molar-refractivity contribution >= 4 is 16.8 Å². The van der Waals surface area contributed by atoms with Crippen LogP contribution >= 0.6 is 0 Å². The van der Waals surface area contributed by atoms with E-state index in [1.165, 1.54) is 14.2 Å². The number of aromatic nitrogens is 1. The van der Waals surface area contributed by atoms with E-state index in [0.29, 0.717) is 33.9 Å². The fourth-order valence-electron chi connectivity index (χ4n) is 3.58. The maximum Gasteiger partial charge on any atom is 0.216 e. The summed E-state index contributed by atoms with van der Waals surface area (Å²) in [5.41, 5.74) is 1.68. The Kier molecular flexibility index (Phi) is 4.87. The number of carbonyl (C=O) groups is 1. The molecule has 0 aliphatic carbocycles. The van der Waals surface area contributed by atoms with E-state index in [1.807, 2.05) is 19.1 Å². The SMILES string of the molecule is COc1cc(C(=O)c2c(-n3cccc3)oc3c(O)c(OC)ccc23)cc(C)c1OC. The number of benzene rings is 2. The van der Waals surface area contributed by atoms with Crippen molar-refractivity contribution in [3.8, 4) is 28.9 Å². The van der Waals surface area contributed by atoms with Gasteiger partial charge >= 0.3 is 0 Å². The smallest absolute Gasteiger partial charge is 0.216 e. The van der Waals surface area contributed by atoms with Crippen LogP contribution in [0.2, 0.25) is 0 Å². The molecule has 7 nitrogen and oxygen atoms in total. The molecule has 7 heteroatoms. The van der Waals surface area contributed by atoms with Crippen molar-refractivity contribution in [1.29, 1.82) is 0 Å². The standard InChI is InChI=1S/C23H21NO6/c1-13-11-14(12-17(28-3)21(13)29-4)19(25)18-15-7-8-16(27-2)20(26)22(15)30-23(18)24-9-5-6-10-24/h5-12,26H,1-4H3. The summed E-state index contributed by atoms with van der Waals surface area (Å²) >= 11 is 0. The first-order valence-corrected chi connectivity index (χ1v) is 9.23. The van der Waals surface area contributed by atoms with Gasteiger partial charge in [0.15, 0.2) is 28.6 Å². The molecule has 0 aliphatic heterocycles. The lowest BCUT2D eigenvalue weighted by Crippen LogP contribution is -2.06. The number of aromatic hydroxyl groups is 1. The van der Waals surface area contributed by atoms with E-state index >= 15 is 0 Å². The van der Waals surface area contributed by atoms with Crippen molar-refractivity contribution in [2.45, 2.75) is 6.92 Å². The Morgan fingerprint density at radius 3 is 2.33 bits per heavy atom. The molecule has 0 aliphatic rings. The molecule has 0 amide bonds. The molecule has 0 bridgehead atoms. The van der Waals surface area contributed by atoms with Crippen molar-refractivity contribution in [2.24, 2.45) is 0 Å². The van der Waals surface area contributed by atoms with Gasteiger partial charge in [-0.2, -0.15) is 0 Å². The fraction of sp³-hybridized carbons (Fsp3) is 0.174. The molecule has 4 rings (SSSR count). The number of ketones is 1. The molecule has 154 valence electrons. The highest BCUT2D eigenvalue weighted by atomic mass is 16.5. The normalized spacial score (nSPS) is 10.9. The maximum atomic E-state index is 13.6. The monoisotopic (exact) mass is 407 g/mol. The molecule has 0 radical (unpaired) electrons. The van der Waals surface area contributed by atoms with Crippen LogP contribution in [0.25, 0.3) is 16.9 Å². The van der Waals surface area contributed by atoms with Gasteiger partial charge in [-0.15, -0.1) is 0 Å². The quantitative estimate of drug-likeness (QED) is 0.474. The molecule has 2 aromatic carbocycles. The first kappa shape index (κ1) is 19.4. The van der Waals surface area contributed by atoms with E-state index in [4.69, 9.17) is 18.6 Å². The highest BCUT2D eigenvalue weighted by Gasteiger charge is 2.27. The summed E-state index contributed by atoms with van der Waals surface area (Å²) < 4.78 is 23.6. The zero-order valence-corrected chi connectivity index (χ0v) is 17.1. The van der Waals surface area contributed by atoms with E-state index < -0.39 is 0 Å².